The first-order valence-electron chi connectivity index (χ1n) is 11.6. The third kappa shape index (κ3) is 4.08. The van der Waals surface area contributed by atoms with Crippen molar-refractivity contribution in [2.75, 3.05) is 23.3 Å². The van der Waals surface area contributed by atoms with Crippen molar-refractivity contribution in [2.24, 2.45) is 0 Å². The molecule has 0 amide bonds. The van der Waals surface area contributed by atoms with E-state index in [0.717, 1.165) is 45.1 Å². The molecule has 3 atom stereocenters. The van der Waals surface area contributed by atoms with Gasteiger partial charge in [-0.25, -0.2) is 4.39 Å². The Hall–Kier alpha value is -2.98. The molecule has 3 aliphatic heterocycles. The molecule has 10 heteroatoms. The molecular formula is C25H28F3N5O2. The highest BCUT2D eigenvalue weighted by Gasteiger charge is 2.49. The predicted octanol–water partition coefficient (Wildman–Crippen LogP) is 4.49. The van der Waals surface area contributed by atoms with Gasteiger partial charge in [0.05, 0.1) is 46.9 Å². The van der Waals surface area contributed by atoms with Crippen LogP contribution < -0.4 is 10.2 Å². The average molecular weight is 488 g/mol. The number of hydrogen-bond donors (Lipinski definition) is 2. The number of hydrogen-bond acceptors (Lipinski definition) is 7. The number of aliphatic hydroxyl groups is 1. The van der Waals surface area contributed by atoms with Gasteiger partial charge in [0.1, 0.15) is 11.4 Å². The van der Waals surface area contributed by atoms with Crippen LogP contribution in [0, 0.1) is 12.7 Å². The molecule has 6 rings (SSSR count). The first-order chi connectivity index (χ1) is 16.5. The number of rotatable bonds is 6. The summed E-state index contributed by atoms with van der Waals surface area (Å²) in [6.45, 7) is 6.95. The molecule has 2 aromatic heterocycles. The van der Waals surface area contributed by atoms with Gasteiger partial charge in [-0.05, 0) is 39.8 Å². The monoisotopic (exact) mass is 487 g/mol. The molecule has 7 nitrogen and oxygen atoms in total. The highest BCUT2D eigenvalue weighted by molar-refractivity contribution is 5.92. The molecule has 3 aliphatic rings. The van der Waals surface area contributed by atoms with E-state index in [4.69, 9.17) is 4.74 Å². The standard InChI is InChI=1S/C25H28F3N5O2/c1-13(18-6-5-7-20(21(18)26)25(27,28)24(3,4)34)30-23-19-8-15(10-29-22(19)14(2)31-32-23)33-11-16-9-17(12-33)35-16/h5-8,10,13,16-17,34H,9,11-12H2,1-4H3,(H,30,32)/t13-,16?,17?/m1/s1. The van der Waals surface area contributed by atoms with Crippen LogP contribution in [0.3, 0.4) is 0 Å². The Labute approximate surface area is 201 Å². The number of nitrogens with zero attached hydrogens (tertiary/aromatic N) is 4. The number of aromatic nitrogens is 3. The molecule has 0 radical (unpaired) electrons. The molecule has 5 heterocycles. The van der Waals surface area contributed by atoms with E-state index < -0.39 is 28.9 Å². The molecular weight excluding hydrogens is 459 g/mol. The van der Waals surface area contributed by atoms with Gasteiger partial charge in [-0.1, -0.05) is 12.1 Å². The summed E-state index contributed by atoms with van der Waals surface area (Å²) in [5, 5.41) is 22.2. The first kappa shape index (κ1) is 23.7. The Morgan fingerprint density at radius 2 is 1.89 bits per heavy atom. The number of halogens is 3. The van der Waals surface area contributed by atoms with Crippen LogP contribution in [0.1, 0.15) is 50.1 Å². The van der Waals surface area contributed by atoms with Crippen molar-refractivity contribution in [2.45, 2.75) is 63.9 Å². The quantitative estimate of drug-likeness (QED) is 0.530. The van der Waals surface area contributed by atoms with E-state index in [-0.39, 0.29) is 17.8 Å². The van der Waals surface area contributed by atoms with Crippen molar-refractivity contribution in [1.82, 2.24) is 15.2 Å². The maximum atomic E-state index is 15.3. The van der Waals surface area contributed by atoms with E-state index in [1.807, 2.05) is 6.07 Å². The van der Waals surface area contributed by atoms with Crippen molar-refractivity contribution in [1.29, 1.82) is 0 Å². The Bertz CT molecular complexity index is 1260. The second-order valence-corrected chi connectivity index (χ2v) is 9.95. The number of alkyl halides is 2. The van der Waals surface area contributed by atoms with Crippen LogP contribution in [-0.2, 0) is 10.7 Å². The minimum atomic E-state index is -3.78. The summed E-state index contributed by atoms with van der Waals surface area (Å²) >= 11 is 0. The zero-order chi connectivity index (χ0) is 25.1. The molecule has 35 heavy (non-hydrogen) atoms. The maximum absolute atomic E-state index is 15.3. The summed E-state index contributed by atoms with van der Waals surface area (Å²) in [4.78, 5) is 6.82. The van der Waals surface area contributed by atoms with Crippen LogP contribution in [0.4, 0.5) is 24.7 Å². The van der Waals surface area contributed by atoms with Crippen molar-refractivity contribution in [3.8, 4) is 0 Å². The number of nitrogens with one attached hydrogen (secondary N) is 1. The molecule has 3 saturated heterocycles. The summed E-state index contributed by atoms with van der Waals surface area (Å²) < 4.78 is 50.5. The number of piperidine rings is 1. The molecule has 0 aliphatic carbocycles. The lowest BCUT2D eigenvalue weighted by molar-refractivity contribution is -0.170. The third-order valence-electron chi connectivity index (χ3n) is 6.85. The molecule has 2 unspecified atom stereocenters. The number of morpholine rings is 1. The van der Waals surface area contributed by atoms with Gasteiger partial charge in [0.25, 0.3) is 0 Å². The second-order valence-electron chi connectivity index (χ2n) is 9.95. The largest absolute Gasteiger partial charge is 0.384 e. The van der Waals surface area contributed by atoms with Crippen molar-refractivity contribution in [3.63, 3.8) is 0 Å². The van der Waals surface area contributed by atoms with E-state index in [9.17, 15) is 13.9 Å². The summed E-state index contributed by atoms with van der Waals surface area (Å²) in [5.74, 6) is -4.47. The van der Waals surface area contributed by atoms with Crippen LogP contribution in [-0.4, -0.2) is 51.2 Å². The summed E-state index contributed by atoms with van der Waals surface area (Å²) in [7, 11) is 0. The van der Waals surface area contributed by atoms with Crippen molar-refractivity contribution in [3.05, 3.63) is 53.1 Å². The van der Waals surface area contributed by atoms with E-state index in [1.54, 1.807) is 20.0 Å². The van der Waals surface area contributed by atoms with E-state index in [2.05, 4.69) is 25.4 Å². The molecule has 1 aromatic carbocycles. The molecule has 186 valence electrons. The molecule has 3 aromatic rings. The van der Waals surface area contributed by atoms with Gasteiger partial charge in [-0.15, -0.1) is 5.10 Å². The molecule has 3 fully saturated rings. The van der Waals surface area contributed by atoms with Gasteiger partial charge in [0.15, 0.2) is 5.82 Å². The Morgan fingerprint density at radius 3 is 2.54 bits per heavy atom. The fourth-order valence-electron chi connectivity index (χ4n) is 4.73. The first-order valence-corrected chi connectivity index (χ1v) is 11.6. The predicted molar refractivity (Wildman–Crippen MR) is 126 cm³/mol. The Balaban J connectivity index is 1.48. The van der Waals surface area contributed by atoms with E-state index in [1.165, 1.54) is 12.1 Å². The molecule has 0 saturated carbocycles. The highest BCUT2D eigenvalue weighted by Crippen LogP contribution is 2.41. The maximum Gasteiger partial charge on any atom is 0.303 e. The highest BCUT2D eigenvalue weighted by atomic mass is 19.3. The van der Waals surface area contributed by atoms with E-state index in [0.29, 0.717) is 22.4 Å². The fraction of sp³-hybridized carbons (Fsp3) is 0.480. The van der Waals surface area contributed by atoms with Crippen LogP contribution in [0.5, 0.6) is 0 Å². The number of benzene rings is 1. The lowest BCUT2D eigenvalue weighted by atomic mass is 9.91. The topological polar surface area (TPSA) is 83.4 Å². The van der Waals surface area contributed by atoms with Crippen LogP contribution in [0.25, 0.3) is 10.9 Å². The fourth-order valence-corrected chi connectivity index (χ4v) is 4.73. The molecule has 2 N–H and O–H groups in total. The number of anilines is 2. The smallest absolute Gasteiger partial charge is 0.303 e. The molecule has 2 bridgehead atoms. The number of aryl methyl sites for hydroxylation is 1. The van der Waals surface area contributed by atoms with Crippen molar-refractivity contribution < 1.29 is 23.0 Å². The zero-order valence-corrected chi connectivity index (χ0v) is 20.0. The zero-order valence-electron chi connectivity index (χ0n) is 20.0. The van der Waals surface area contributed by atoms with Gasteiger partial charge in [0, 0.05) is 30.5 Å². The summed E-state index contributed by atoms with van der Waals surface area (Å²) in [5.41, 5.74) is -1.03. The minimum absolute atomic E-state index is 0.0272. The Kier molecular flexibility index (Phi) is 5.63. The van der Waals surface area contributed by atoms with Gasteiger partial charge in [-0.2, -0.15) is 13.9 Å². The van der Waals surface area contributed by atoms with Gasteiger partial charge in [-0.3, -0.25) is 4.98 Å². The SMILES string of the molecule is Cc1nnc(N[C@H](C)c2cccc(C(F)(F)C(C)(C)O)c2F)c2cc(N3CC4CC(C3)O4)cnc12. The summed E-state index contributed by atoms with van der Waals surface area (Å²) in [6.07, 6.45) is 3.34. The minimum Gasteiger partial charge on any atom is -0.384 e. The van der Waals surface area contributed by atoms with Gasteiger partial charge >= 0.3 is 5.92 Å². The van der Waals surface area contributed by atoms with Gasteiger partial charge < -0.3 is 20.1 Å². The average Bonchev–Trinajstić information content (AvgIpc) is 2.79. The third-order valence-corrected chi connectivity index (χ3v) is 6.85. The van der Waals surface area contributed by atoms with Crippen molar-refractivity contribution >= 4 is 22.4 Å². The second kappa shape index (κ2) is 8.30. The van der Waals surface area contributed by atoms with Gasteiger partial charge in [0.2, 0.25) is 0 Å². The van der Waals surface area contributed by atoms with Crippen LogP contribution >= 0.6 is 0 Å². The lowest BCUT2D eigenvalue weighted by Crippen LogP contribution is -2.57. The summed E-state index contributed by atoms with van der Waals surface area (Å²) in [6, 6.07) is 5.04. The normalized spacial score (nSPS) is 21.1. The number of pyridine rings is 1. The van der Waals surface area contributed by atoms with Crippen LogP contribution in [0.15, 0.2) is 30.5 Å². The van der Waals surface area contributed by atoms with Crippen LogP contribution in [0.2, 0.25) is 0 Å². The Morgan fingerprint density at radius 1 is 1.20 bits per heavy atom. The van der Waals surface area contributed by atoms with E-state index >= 15 is 4.39 Å². The number of fused-ring (bicyclic) bond motifs is 3. The lowest BCUT2D eigenvalue weighted by Gasteiger charge is -2.47. The molecule has 0 spiro atoms. The number of ether oxygens (including phenoxy) is 1.